The number of aldehydes is 1. The van der Waals surface area contributed by atoms with E-state index in [1.807, 2.05) is 36.2 Å². The number of aliphatic hydroxyl groups is 1. The summed E-state index contributed by atoms with van der Waals surface area (Å²) in [6, 6.07) is 5.58. The van der Waals surface area contributed by atoms with E-state index >= 15 is 0 Å². The highest BCUT2D eigenvalue weighted by atomic mass is 16.3. The predicted molar refractivity (Wildman–Crippen MR) is 65.6 cm³/mol. The number of fused-ring (bicyclic) bond motifs is 1. The van der Waals surface area contributed by atoms with Gasteiger partial charge in [0.1, 0.15) is 11.3 Å². The summed E-state index contributed by atoms with van der Waals surface area (Å²) in [4.78, 5) is 17.5. The molecule has 90 valence electrons. The van der Waals surface area contributed by atoms with Crippen molar-refractivity contribution in [2.24, 2.45) is 0 Å². The molecule has 1 N–H and O–H groups in total. The topological polar surface area (TPSA) is 57.8 Å². The van der Waals surface area contributed by atoms with Crippen LogP contribution in [0.5, 0.6) is 0 Å². The number of hydrogen-bond donors (Lipinski definition) is 1. The van der Waals surface area contributed by atoms with Gasteiger partial charge in [0.25, 0.3) is 0 Å². The van der Waals surface area contributed by atoms with Crippen LogP contribution in [0.1, 0.15) is 17.4 Å². The zero-order chi connectivity index (χ0) is 12.3. The molecule has 2 aromatic heterocycles. The molecule has 0 saturated heterocycles. The molecule has 0 saturated carbocycles. The van der Waals surface area contributed by atoms with Crippen molar-refractivity contribution in [3.63, 3.8) is 0 Å². The van der Waals surface area contributed by atoms with Crippen LogP contribution in [-0.2, 0) is 0 Å². The minimum Gasteiger partial charge on any atom is -0.395 e. The lowest BCUT2D eigenvalue weighted by atomic mass is 10.4. The van der Waals surface area contributed by atoms with Crippen molar-refractivity contribution in [3.05, 3.63) is 30.1 Å². The Hall–Kier alpha value is -1.88. The van der Waals surface area contributed by atoms with Gasteiger partial charge in [0.2, 0.25) is 0 Å². The fourth-order valence-electron chi connectivity index (χ4n) is 1.88. The Labute approximate surface area is 99.3 Å². The molecule has 0 unspecified atom stereocenters. The first-order chi connectivity index (χ1) is 8.31. The lowest BCUT2D eigenvalue weighted by Crippen LogP contribution is -2.27. The van der Waals surface area contributed by atoms with E-state index in [1.54, 1.807) is 4.40 Å². The maximum Gasteiger partial charge on any atom is 0.170 e. The van der Waals surface area contributed by atoms with Gasteiger partial charge >= 0.3 is 0 Å². The molecule has 0 spiro atoms. The summed E-state index contributed by atoms with van der Waals surface area (Å²) in [7, 11) is 0. The van der Waals surface area contributed by atoms with Crippen LogP contribution in [0.2, 0.25) is 0 Å². The smallest absolute Gasteiger partial charge is 0.170 e. The number of aliphatic hydroxyl groups excluding tert-OH is 1. The van der Waals surface area contributed by atoms with E-state index in [-0.39, 0.29) is 6.61 Å². The van der Waals surface area contributed by atoms with E-state index in [0.29, 0.717) is 24.6 Å². The molecular weight excluding hydrogens is 218 g/mol. The molecule has 5 nitrogen and oxygen atoms in total. The summed E-state index contributed by atoms with van der Waals surface area (Å²) in [6.07, 6.45) is 2.61. The third-order valence-electron chi connectivity index (χ3n) is 2.71. The first-order valence-electron chi connectivity index (χ1n) is 5.60. The number of likely N-dealkylation sites (N-methyl/N-ethyl adjacent to an activating group) is 1. The zero-order valence-electron chi connectivity index (χ0n) is 9.71. The third kappa shape index (κ3) is 2.01. The van der Waals surface area contributed by atoms with E-state index in [4.69, 9.17) is 5.11 Å². The standard InChI is InChI=1S/C12H15N3O2/c1-2-14(7-8-16)12-10(9-17)15-6-4-3-5-11(15)13-12/h3-6,9,16H,2,7-8H2,1H3. The van der Waals surface area contributed by atoms with Crippen molar-refractivity contribution in [1.29, 1.82) is 0 Å². The highest BCUT2D eigenvalue weighted by Crippen LogP contribution is 2.19. The van der Waals surface area contributed by atoms with Crippen molar-refractivity contribution in [3.8, 4) is 0 Å². The van der Waals surface area contributed by atoms with E-state index in [9.17, 15) is 4.79 Å². The number of nitrogens with zero attached hydrogens (tertiary/aromatic N) is 3. The monoisotopic (exact) mass is 233 g/mol. The Morgan fingerprint density at radius 2 is 2.35 bits per heavy atom. The average Bonchev–Trinajstić information content (AvgIpc) is 2.74. The second-order valence-electron chi connectivity index (χ2n) is 3.67. The Kier molecular flexibility index (Phi) is 3.39. The van der Waals surface area contributed by atoms with Gasteiger partial charge < -0.3 is 10.0 Å². The molecule has 0 aliphatic carbocycles. The second kappa shape index (κ2) is 4.97. The van der Waals surface area contributed by atoms with Gasteiger partial charge in [0, 0.05) is 19.3 Å². The summed E-state index contributed by atoms with van der Waals surface area (Å²) in [5, 5.41) is 9.00. The number of rotatable bonds is 5. The van der Waals surface area contributed by atoms with Crippen molar-refractivity contribution in [1.82, 2.24) is 9.38 Å². The largest absolute Gasteiger partial charge is 0.395 e. The van der Waals surface area contributed by atoms with E-state index in [1.165, 1.54) is 0 Å². The number of anilines is 1. The number of carbonyl (C=O) groups is 1. The summed E-state index contributed by atoms with van der Waals surface area (Å²) in [6.45, 7) is 3.18. The van der Waals surface area contributed by atoms with Gasteiger partial charge in [-0.25, -0.2) is 4.98 Å². The van der Waals surface area contributed by atoms with Crippen LogP contribution in [-0.4, -0.2) is 40.5 Å². The van der Waals surface area contributed by atoms with Crippen LogP contribution in [0.25, 0.3) is 5.65 Å². The van der Waals surface area contributed by atoms with Crippen molar-refractivity contribution in [2.75, 3.05) is 24.6 Å². The molecule has 0 fully saturated rings. The minimum absolute atomic E-state index is 0.0417. The lowest BCUT2D eigenvalue weighted by Gasteiger charge is -2.19. The van der Waals surface area contributed by atoms with Crippen molar-refractivity contribution >= 4 is 17.8 Å². The van der Waals surface area contributed by atoms with Crippen molar-refractivity contribution in [2.45, 2.75) is 6.92 Å². The van der Waals surface area contributed by atoms with Crippen LogP contribution in [0.15, 0.2) is 24.4 Å². The zero-order valence-corrected chi connectivity index (χ0v) is 9.71. The van der Waals surface area contributed by atoms with Gasteiger partial charge in [-0.3, -0.25) is 9.20 Å². The molecule has 0 aliphatic heterocycles. The molecule has 5 heteroatoms. The number of pyridine rings is 1. The first kappa shape index (κ1) is 11.6. The van der Waals surface area contributed by atoms with Crippen LogP contribution < -0.4 is 4.90 Å². The normalized spacial score (nSPS) is 10.7. The molecule has 0 aliphatic rings. The van der Waals surface area contributed by atoms with E-state index in [2.05, 4.69) is 4.98 Å². The van der Waals surface area contributed by atoms with Crippen LogP contribution in [0.4, 0.5) is 5.82 Å². The fraction of sp³-hybridized carbons (Fsp3) is 0.333. The molecule has 0 radical (unpaired) electrons. The van der Waals surface area contributed by atoms with Crippen molar-refractivity contribution < 1.29 is 9.90 Å². The maximum absolute atomic E-state index is 11.2. The summed E-state index contributed by atoms with van der Waals surface area (Å²) < 4.78 is 1.75. The molecule has 0 atom stereocenters. The number of carbonyl (C=O) groups excluding carboxylic acids is 1. The number of hydrogen-bond acceptors (Lipinski definition) is 4. The Balaban J connectivity index is 2.55. The molecule has 2 aromatic rings. The Morgan fingerprint density at radius 3 is 3.00 bits per heavy atom. The summed E-state index contributed by atoms with van der Waals surface area (Å²) in [5.41, 5.74) is 1.26. The minimum atomic E-state index is 0.0417. The van der Waals surface area contributed by atoms with Crippen LogP contribution in [0.3, 0.4) is 0 Å². The van der Waals surface area contributed by atoms with Crippen LogP contribution in [0, 0.1) is 0 Å². The van der Waals surface area contributed by atoms with Gasteiger partial charge in [0.15, 0.2) is 12.1 Å². The maximum atomic E-state index is 11.2. The Morgan fingerprint density at radius 1 is 1.53 bits per heavy atom. The first-order valence-corrected chi connectivity index (χ1v) is 5.60. The molecule has 0 amide bonds. The average molecular weight is 233 g/mol. The highest BCUT2D eigenvalue weighted by Gasteiger charge is 2.15. The second-order valence-corrected chi connectivity index (χ2v) is 3.67. The van der Waals surface area contributed by atoms with Gasteiger partial charge in [-0.05, 0) is 19.1 Å². The molecule has 17 heavy (non-hydrogen) atoms. The fourth-order valence-corrected chi connectivity index (χ4v) is 1.88. The summed E-state index contributed by atoms with van der Waals surface area (Å²) >= 11 is 0. The molecular formula is C12H15N3O2. The Bertz CT molecular complexity index is 521. The number of aromatic nitrogens is 2. The van der Waals surface area contributed by atoms with E-state index < -0.39 is 0 Å². The van der Waals surface area contributed by atoms with Gasteiger partial charge in [-0.15, -0.1) is 0 Å². The molecule has 2 rings (SSSR count). The molecule has 0 aromatic carbocycles. The summed E-state index contributed by atoms with van der Waals surface area (Å²) in [5.74, 6) is 0.628. The predicted octanol–water partition coefficient (Wildman–Crippen LogP) is 0.965. The quantitative estimate of drug-likeness (QED) is 0.782. The van der Waals surface area contributed by atoms with Gasteiger partial charge in [-0.1, -0.05) is 6.07 Å². The van der Waals surface area contributed by atoms with E-state index in [0.717, 1.165) is 11.9 Å². The number of imidazole rings is 1. The lowest BCUT2D eigenvalue weighted by molar-refractivity contribution is 0.111. The molecule has 0 bridgehead atoms. The molecule has 2 heterocycles. The van der Waals surface area contributed by atoms with Gasteiger partial charge in [0.05, 0.1) is 6.61 Å². The van der Waals surface area contributed by atoms with Crippen LogP contribution >= 0.6 is 0 Å². The highest BCUT2D eigenvalue weighted by molar-refractivity contribution is 5.83. The third-order valence-corrected chi connectivity index (χ3v) is 2.71. The van der Waals surface area contributed by atoms with Gasteiger partial charge in [-0.2, -0.15) is 0 Å². The SMILES string of the molecule is CCN(CCO)c1nc2ccccn2c1C=O.